The Labute approximate surface area is 176 Å². The lowest BCUT2D eigenvalue weighted by Gasteiger charge is -2.43. The fourth-order valence-corrected chi connectivity index (χ4v) is 8.95. The van der Waals surface area contributed by atoms with E-state index in [0.717, 1.165) is 6.42 Å². The molecule has 1 fully saturated rings. The Morgan fingerprint density at radius 1 is 0.931 bits per heavy atom. The third kappa shape index (κ3) is 4.56. The summed E-state index contributed by atoms with van der Waals surface area (Å²) in [4.78, 5) is 0. The highest BCUT2D eigenvalue weighted by atomic mass is 28.4. The van der Waals surface area contributed by atoms with Crippen LogP contribution in [0.2, 0.25) is 5.04 Å². The molecule has 0 N–H and O–H groups in total. The highest BCUT2D eigenvalue weighted by Crippen LogP contribution is 2.38. The number of ether oxygens (including phenoxy) is 2. The van der Waals surface area contributed by atoms with Crippen LogP contribution in [0.15, 0.2) is 73.3 Å². The third-order valence-electron chi connectivity index (χ3n) is 5.56. The first-order valence-corrected chi connectivity index (χ1v) is 12.3. The standard InChI is InChI=1S/C25H34O3Si/c1-7-14-22-23(28-25(5,6)27-22)19-26-29(24(2,3)4,20-15-10-8-11-16-20)21-17-12-9-13-18-21/h7-13,15-18,22-23H,1,14,19H2,2-6H3/t22-,23+/m0/s1. The van der Waals surface area contributed by atoms with Gasteiger partial charge in [0.1, 0.15) is 6.10 Å². The Morgan fingerprint density at radius 2 is 1.41 bits per heavy atom. The normalized spacial score (nSPS) is 21.8. The summed E-state index contributed by atoms with van der Waals surface area (Å²) in [6.45, 7) is 15.2. The van der Waals surface area contributed by atoms with E-state index in [2.05, 4.69) is 88.0 Å². The Kier molecular flexibility index (Phi) is 6.49. The average Bonchev–Trinajstić information content (AvgIpc) is 2.97. The Bertz CT molecular complexity index is 756. The fourth-order valence-electron chi connectivity index (χ4n) is 4.38. The van der Waals surface area contributed by atoms with Crippen molar-refractivity contribution in [1.82, 2.24) is 0 Å². The zero-order valence-electron chi connectivity index (χ0n) is 18.4. The Hall–Kier alpha value is -1.72. The van der Waals surface area contributed by atoms with Crippen molar-refractivity contribution < 1.29 is 13.9 Å². The second kappa shape index (κ2) is 8.56. The summed E-state index contributed by atoms with van der Waals surface area (Å²) >= 11 is 0. The van der Waals surface area contributed by atoms with Gasteiger partial charge in [-0.2, -0.15) is 0 Å². The van der Waals surface area contributed by atoms with Crippen LogP contribution in [0.25, 0.3) is 0 Å². The SMILES string of the molecule is C=CC[C@@H]1OC(C)(C)O[C@@H]1CO[Si](c1ccccc1)(c1ccccc1)C(C)(C)C. The van der Waals surface area contributed by atoms with Crippen LogP contribution in [0.3, 0.4) is 0 Å². The molecule has 4 heteroatoms. The molecule has 2 atom stereocenters. The summed E-state index contributed by atoms with van der Waals surface area (Å²) in [6, 6.07) is 21.4. The first-order valence-electron chi connectivity index (χ1n) is 10.4. The number of hydrogen-bond donors (Lipinski definition) is 0. The van der Waals surface area contributed by atoms with Crippen molar-refractivity contribution in [1.29, 1.82) is 0 Å². The lowest BCUT2D eigenvalue weighted by molar-refractivity contribution is -0.148. The minimum Gasteiger partial charge on any atom is -0.405 e. The van der Waals surface area contributed by atoms with Crippen LogP contribution in [0.5, 0.6) is 0 Å². The molecule has 0 bridgehead atoms. The van der Waals surface area contributed by atoms with E-state index >= 15 is 0 Å². The van der Waals surface area contributed by atoms with Crippen LogP contribution in [0, 0.1) is 0 Å². The van der Waals surface area contributed by atoms with E-state index in [0.29, 0.717) is 6.61 Å². The second-order valence-corrected chi connectivity index (χ2v) is 13.5. The van der Waals surface area contributed by atoms with E-state index < -0.39 is 14.1 Å². The predicted molar refractivity (Wildman–Crippen MR) is 122 cm³/mol. The zero-order valence-corrected chi connectivity index (χ0v) is 19.4. The van der Waals surface area contributed by atoms with Crippen LogP contribution in [0.4, 0.5) is 0 Å². The largest absolute Gasteiger partial charge is 0.405 e. The van der Waals surface area contributed by atoms with Crippen LogP contribution >= 0.6 is 0 Å². The molecule has 3 rings (SSSR count). The summed E-state index contributed by atoms with van der Waals surface area (Å²) in [6.07, 6.45) is 2.48. The molecule has 1 aliphatic rings. The van der Waals surface area contributed by atoms with Gasteiger partial charge >= 0.3 is 0 Å². The van der Waals surface area contributed by atoms with E-state index in [1.165, 1.54) is 10.4 Å². The molecular weight excluding hydrogens is 376 g/mol. The van der Waals surface area contributed by atoms with Crippen molar-refractivity contribution in [3.05, 3.63) is 73.3 Å². The van der Waals surface area contributed by atoms with Gasteiger partial charge < -0.3 is 13.9 Å². The van der Waals surface area contributed by atoms with E-state index in [9.17, 15) is 0 Å². The lowest BCUT2D eigenvalue weighted by Crippen LogP contribution is -2.67. The minimum absolute atomic E-state index is 0.0410. The van der Waals surface area contributed by atoms with Crippen LogP contribution < -0.4 is 10.4 Å². The predicted octanol–water partition coefficient (Wildman–Crippen LogP) is 4.66. The molecule has 0 radical (unpaired) electrons. The summed E-state index contributed by atoms with van der Waals surface area (Å²) in [5.74, 6) is -0.604. The summed E-state index contributed by atoms with van der Waals surface area (Å²) < 4.78 is 19.3. The Morgan fingerprint density at radius 3 is 1.86 bits per heavy atom. The second-order valence-electron chi connectivity index (χ2n) is 9.21. The van der Waals surface area contributed by atoms with E-state index in [4.69, 9.17) is 13.9 Å². The van der Waals surface area contributed by atoms with Gasteiger partial charge in [-0.05, 0) is 35.7 Å². The van der Waals surface area contributed by atoms with Gasteiger partial charge in [-0.15, -0.1) is 6.58 Å². The number of benzene rings is 2. The lowest BCUT2D eigenvalue weighted by atomic mass is 10.1. The summed E-state index contributed by atoms with van der Waals surface area (Å²) in [5, 5.41) is 2.49. The van der Waals surface area contributed by atoms with Crippen molar-refractivity contribution in [3.63, 3.8) is 0 Å². The van der Waals surface area contributed by atoms with Crippen molar-refractivity contribution in [2.45, 2.75) is 64.1 Å². The third-order valence-corrected chi connectivity index (χ3v) is 10.6. The molecule has 0 amide bonds. The van der Waals surface area contributed by atoms with Gasteiger partial charge in [-0.3, -0.25) is 0 Å². The molecule has 0 aliphatic carbocycles. The molecule has 0 spiro atoms. The fraction of sp³-hybridized carbons (Fsp3) is 0.440. The van der Waals surface area contributed by atoms with E-state index in [1.54, 1.807) is 0 Å². The molecule has 0 saturated carbocycles. The first kappa shape index (κ1) is 22.0. The van der Waals surface area contributed by atoms with Crippen molar-refractivity contribution in [2.24, 2.45) is 0 Å². The molecule has 1 saturated heterocycles. The van der Waals surface area contributed by atoms with Gasteiger partial charge in [0, 0.05) is 0 Å². The van der Waals surface area contributed by atoms with Crippen molar-refractivity contribution in [3.8, 4) is 0 Å². The monoisotopic (exact) mass is 410 g/mol. The first-order chi connectivity index (χ1) is 13.7. The van der Waals surface area contributed by atoms with Gasteiger partial charge in [-0.1, -0.05) is 87.5 Å². The quantitative estimate of drug-likeness (QED) is 0.491. The van der Waals surface area contributed by atoms with E-state index in [1.807, 2.05) is 19.9 Å². The van der Waals surface area contributed by atoms with Crippen LogP contribution in [0.1, 0.15) is 41.0 Å². The maximum Gasteiger partial charge on any atom is 0.261 e. The molecule has 3 nitrogen and oxygen atoms in total. The number of rotatable bonds is 7. The van der Waals surface area contributed by atoms with Gasteiger partial charge in [0.15, 0.2) is 5.79 Å². The summed E-state index contributed by atoms with van der Waals surface area (Å²) in [5.41, 5.74) is 0. The molecule has 0 aromatic heterocycles. The van der Waals surface area contributed by atoms with Gasteiger partial charge in [0.05, 0.1) is 12.7 Å². The maximum absolute atomic E-state index is 7.02. The molecule has 29 heavy (non-hydrogen) atoms. The highest BCUT2D eigenvalue weighted by Gasteiger charge is 2.51. The van der Waals surface area contributed by atoms with Crippen LogP contribution in [-0.4, -0.2) is 32.9 Å². The van der Waals surface area contributed by atoms with Crippen molar-refractivity contribution >= 4 is 18.7 Å². The molecule has 2 aromatic rings. The molecule has 2 aromatic carbocycles. The van der Waals surface area contributed by atoms with Gasteiger partial charge in [0.25, 0.3) is 8.32 Å². The maximum atomic E-state index is 7.02. The number of hydrogen-bond acceptors (Lipinski definition) is 3. The topological polar surface area (TPSA) is 27.7 Å². The molecule has 1 heterocycles. The average molecular weight is 411 g/mol. The van der Waals surface area contributed by atoms with E-state index in [-0.39, 0.29) is 17.2 Å². The zero-order chi connectivity index (χ0) is 21.1. The molecule has 156 valence electrons. The summed E-state index contributed by atoms with van der Waals surface area (Å²) in [7, 11) is -2.58. The minimum atomic E-state index is -2.58. The van der Waals surface area contributed by atoms with Gasteiger partial charge in [0.2, 0.25) is 0 Å². The van der Waals surface area contributed by atoms with Crippen LogP contribution in [-0.2, 0) is 13.9 Å². The molecule has 1 aliphatic heterocycles. The molecule has 0 unspecified atom stereocenters. The molecular formula is C25H34O3Si. The Balaban J connectivity index is 2.01. The smallest absolute Gasteiger partial charge is 0.261 e. The van der Waals surface area contributed by atoms with Crippen molar-refractivity contribution in [2.75, 3.05) is 6.61 Å². The highest BCUT2D eigenvalue weighted by molar-refractivity contribution is 6.99. The van der Waals surface area contributed by atoms with Gasteiger partial charge in [-0.25, -0.2) is 0 Å².